The standard InChI is InChI=1S/C13H16N2O3S/c1-8-3-4-11(17-2)10(7-8)15-13(19)14-9-5-6-18-12(9)16/h3-4,7,9H,5-6H2,1-2H3,(H2,14,15,19). The highest BCUT2D eigenvalue weighted by Crippen LogP contribution is 2.25. The third kappa shape index (κ3) is 3.35. The van der Waals surface area contributed by atoms with Gasteiger partial charge in [0.2, 0.25) is 0 Å². The van der Waals surface area contributed by atoms with Gasteiger partial charge in [0.1, 0.15) is 11.8 Å². The van der Waals surface area contributed by atoms with Gasteiger partial charge in [-0.25, -0.2) is 4.79 Å². The Balaban J connectivity index is 2.02. The molecular weight excluding hydrogens is 264 g/mol. The van der Waals surface area contributed by atoms with E-state index in [-0.39, 0.29) is 12.0 Å². The third-order valence-corrected chi connectivity index (χ3v) is 3.06. The van der Waals surface area contributed by atoms with Crippen molar-refractivity contribution in [3.63, 3.8) is 0 Å². The van der Waals surface area contributed by atoms with Crippen LogP contribution < -0.4 is 15.4 Å². The van der Waals surface area contributed by atoms with Gasteiger partial charge in [0.05, 0.1) is 19.4 Å². The van der Waals surface area contributed by atoms with Gasteiger partial charge in [0.15, 0.2) is 5.11 Å². The van der Waals surface area contributed by atoms with Crippen LogP contribution in [-0.4, -0.2) is 30.8 Å². The van der Waals surface area contributed by atoms with Crippen molar-refractivity contribution in [1.29, 1.82) is 0 Å². The third-order valence-electron chi connectivity index (χ3n) is 2.84. The number of esters is 1. The molecule has 0 radical (unpaired) electrons. The van der Waals surface area contributed by atoms with E-state index in [9.17, 15) is 4.79 Å². The minimum atomic E-state index is -0.365. The van der Waals surface area contributed by atoms with Crippen LogP contribution in [-0.2, 0) is 9.53 Å². The summed E-state index contributed by atoms with van der Waals surface area (Å²) in [6.45, 7) is 2.42. The molecule has 1 heterocycles. The number of ether oxygens (including phenoxy) is 2. The lowest BCUT2D eigenvalue weighted by Gasteiger charge is -2.15. The molecule has 1 unspecified atom stereocenters. The highest BCUT2D eigenvalue weighted by molar-refractivity contribution is 7.80. The van der Waals surface area contributed by atoms with Crippen LogP contribution in [0.2, 0.25) is 0 Å². The van der Waals surface area contributed by atoms with Crippen LogP contribution in [0.5, 0.6) is 5.75 Å². The Hall–Kier alpha value is -1.82. The molecule has 1 atom stereocenters. The van der Waals surface area contributed by atoms with Gasteiger partial charge in [-0.05, 0) is 36.8 Å². The molecule has 2 N–H and O–H groups in total. The maximum absolute atomic E-state index is 11.3. The van der Waals surface area contributed by atoms with Crippen molar-refractivity contribution in [3.05, 3.63) is 23.8 Å². The summed E-state index contributed by atoms with van der Waals surface area (Å²) in [4.78, 5) is 11.3. The fourth-order valence-corrected chi connectivity index (χ4v) is 2.12. The van der Waals surface area contributed by atoms with Gasteiger partial charge in [-0.3, -0.25) is 0 Å². The molecule has 0 aliphatic carbocycles. The molecule has 5 nitrogen and oxygen atoms in total. The fourth-order valence-electron chi connectivity index (χ4n) is 1.86. The van der Waals surface area contributed by atoms with Gasteiger partial charge >= 0.3 is 5.97 Å². The van der Waals surface area contributed by atoms with E-state index in [1.807, 2.05) is 25.1 Å². The number of hydrogen-bond donors (Lipinski definition) is 2. The molecular formula is C13H16N2O3S. The number of methoxy groups -OCH3 is 1. The largest absolute Gasteiger partial charge is 0.495 e. The first kappa shape index (κ1) is 13.6. The van der Waals surface area contributed by atoms with E-state index >= 15 is 0 Å². The molecule has 1 saturated heterocycles. The Morgan fingerprint density at radius 1 is 1.53 bits per heavy atom. The summed E-state index contributed by atoms with van der Waals surface area (Å²) in [5, 5.41) is 6.36. The summed E-state index contributed by atoms with van der Waals surface area (Å²) < 4.78 is 10.1. The van der Waals surface area contributed by atoms with Gasteiger partial charge in [0.25, 0.3) is 0 Å². The summed E-state index contributed by atoms with van der Waals surface area (Å²) in [6, 6.07) is 5.38. The molecule has 1 aromatic carbocycles. The zero-order chi connectivity index (χ0) is 13.8. The average molecular weight is 280 g/mol. The van der Waals surface area contributed by atoms with E-state index in [4.69, 9.17) is 21.7 Å². The minimum absolute atomic E-state index is 0.264. The predicted molar refractivity (Wildman–Crippen MR) is 76.5 cm³/mol. The van der Waals surface area contributed by atoms with Gasteiger partial charge in [-0.15, -0.1) is 0 Å². The SMILES string of the molecule is COc1ccc(C)cc1NC(=S)NC1CCOC1=O. The second kappa shape index (κ2) is 5.88. The summed E-state index contributed by atoms with van der Waals surface area (Å²) in [7, 11) is 1.60. The second-order valence-electron chi connectivity index (χ2n) is 4.31. The zero-order valence-corrected chi connectivity index (χ0v) is 11.7. The highest BCUT2D eigenvalue weighted by Gasteiger charge is 2.26. The Labute approximate surface area is 117 Å². The average Bonchev–Trinajstić information content (AvgIpc) is 2.75. The topological polar surface area (TPSA) is 59.6 Å². The molecule has 1 aromatic rings. The molecule has 0 aromatic heterocycles. The number of benzene rings is 1. The molecule has 0 amide bonds. The molecule has 2 rings (SSSR count). The normalized spacial score (nSPS) is 17.8. The number of carbonyl (C=O) groups is 1. The molecule has 1 fully saturated rings. The molecule has 1 aliphatic rings. The first-order valence-electron chi connectivity index (χ1n) is 5.99. The van der Waals surface area contributed by atoms with E-state index in [1.54, 1.807) is 7.11 Å². The second-order valence-corrected chi connectivity index (χ2v) is 4.72. The maximum Gasteiger partial charge on any atom is 0.328 e. The van der Waals surface area contributed by atoms with Crippen LogP contribution in [0, 0.1) is 6.92 Å². The first-order valence-corrected chi connectivity index (χ1v) is 6.40. The van der Waals surface area contributed by atoms with Gasteiger partial charge < -0.3 is 20.1 Å². The lowest BCUT2D eigenvalue weighted by Crippen LogP contribution is -2.40. The van der Waals surface area contributed by atoms with E-state index in [2.05, 4.69) is 10.6 Å². The van der Waals surface area contributed by atoms with E-state index in [0.29, 0.717) is 23.9 Å². The Kier molecular flexibility index (Phi) is 4.21. The molecule has 0 saturated carbocycles. The summed E-state index contributed by atoms with van der Waals surface area (Å²) in [5.74, 6) is 0.434. The number of anilines is 1. The van der Waals surface area contributed by atoms with Crippen molar-refractivity contribution < 1.29 is 14.3 Å². The van der Waals surface area contributed by atoms with Crippen LogP contribution in [0.15, 0.2) is 18.2 Å². The van der Waals surface area contributed by atoms with Crippen molar-refractivity contribution >= 4 is 29.0 Å². The monoisotopic (exact) mass is 280 g/mol. The van der Waals surface area contributed by atoms with Crippen molar-refractivity contribution in [2.45, 2.75) is 19.4 Å². The molecule has 19 heavy (non-hydrogen) atoms. The minimum Gasteiger partial charge on any atom is -0.495 e. The molecule has 1 aliphatic heterocycles. The van der Waals surface area contributed by atoms with E-state index in [1.165, 1.54) is 0 Å². The number of rotatable bonds is 3. The number of cyclic esters (lactones) is 1. The van der Waals surface area contributed by atoms with E-state index < -0.39 is 0 Å². The number of nitrogens with one attached hydrogen (secondary N) is 2. The van der Waals surface area contributed by atoms with Crippen molar-refractivity contribution in [3.8, 4) is 5.75 Å². The Bertz CT molecular complexity index is 505. The number of carbonyl (C=O) groups excluding carboxylic acids is 1. The van der Waals surface area contributed by atoms with Crippen LogP contribution in [0.1, 0.15) is 12.0 Å². The highest BCUT2D eigenvalue weighted by atomic mass is 32.1. The van der Waals surface area contributed by atoms with E-state index in [0.717, 1.165) is 11.3 Å². The molecule has 0 spiro atoms. The maximum atomic E-state index is 11.3. The summed E-state index contributed by atoms with van der Waals surface area (Å²) in [5.41, 5.74) is 1.86. The lowest BCUT2D eigenvalue weighted by atomic mass is 10.2. The lowest BCUT2D eigenvalue weighted by molar-refractivity contribution is -0.139. The van der Waals surface area contributed by atoms with Gasteiger partial charge in [-0.2, -0.15) is 0 Å². The molecule has 102 valence electrons. The quantitative estimate of drug-likeness (QED) is 0.648. The van der Waals surface area contributed by atoms with Crippen LogP contribution in [0.3, 0.4) is 0 Å². The summed E-state index contributed by atoms with van der Waals surface area (Å²) >= 11 is 5.19. The fraction of sp³-hybridized carbons (Fsp3) is 0.385. The number of hydrogen-bond acceptors (Lipinski definition) is 4. The molecule has 0 bridgehead atoms. The Morgan fingerprint density at radius 3 is 2.95 bits per heavy atom. The number of aryl methyl sites for hydroxylation is 1. The van der Waals surface area contributed by atoms with Crippen molar-refractivity contribution in [2.75, 3.05) is 19.0 Å². The summed E-state index contributed by atoms with van der Waals surface area (Å²) in [6.07, 6.45) is 0.631. The van der Waals surface area contributed by atoms with Crippen LogP contribution >= 0.6 is 12.2 Å². The van der Waals surface area contributed by atoms with Gasteiger partial charge in [0, 0.05) is 6.42 Å². The predicted octanol–water partition coefficient (Wildman–Crippen LogP) is 1.61. The van der Waals surface area contributed by atoms with Crippen molar-refractivity contribution in [2.24, 2.45) is 0 Å². The Morgan fingerprint density at radius 2 is 2.32 bits per heavy atom. The van der Waals surface area contributed by atoms with Crippen molar-refractivity contribution in [1.82, 2.24) is 5.32 Å². The number of thiocarbonyl (C=S) groups is 1. The smallest absolute Gasteiger partial charge is 0.328 e. The van der Waals surface area contributed by atoms with Crippen LogP contribution in [0.25, 0.3) is 0 Å². The van der Waals surface area contributed by atoms with Gasteiger partial charge in [-0.1, -0.05) is 6.07 Å². The molecule has 6 heteroatoms. The first-order chi connectivity index (χ1) is 9.10. The zero-order valence-electron chi connectivity index (χ0n) is 10.9. The van der Waals surface area contributed by atoms with Crippen LogP contribution in [0.4, 0.5) is 5.69 Å².